The molecule has 0 radical (unpaired) electrons. The Labute approximate surface area is 161 Å². The van der Waals surface area contributed by atoms with Crippen LogP contribution in [-0.4, -0.2) is 46.4 Å². The molecule has 8 nitrogen and oxygen atoms in total. The molecule has 1 aliphatic heterocycles. The number of carbonyl (C=O) groups is 2. The molecule has 146 valence electrons. The molecule has 2 rings (SSSR count). The van der Waals surface area contributed by atoms with Gasteiger partial charge >= 0.3 is 13.6 Å². The van der Waals surface area contributed by atoms with Crippen molar-refractivity contribution in [2.45, 2.75) is 13.8 Å². The fourth-order valence-electron chi connectivity index (χ4n) is 2.38. The van der Waals surface area contributed by atoms with Crippen LogP contribution >= 0.6 is 19.4 Å². The third kappa shape index (κ3) is 5.97. The molecule has 10 heteroatoms. The number of ether oxygens (including phenoxy) is 2. The maximum atomic E-state index is 12.5. The number of benzene rings is 1. The molecule has 0 aromatic heterocycles. The molecule has 1 aromatic rings. The van der Waals surface area contributed by atoms with Crippen molar-refractivity contribution in [1.29, 1.82) is 0 Å². The second-order valence-corrected chi connectivity index (χ2v) is 8.49. The number of carbonyl (C=O) groups excluding carboxylic acids is 2. The molecule has 1 aromatic carbocycles. The number of nitrogens with zero attached hydrogens (tertiary/aromatic N) is 1. The van der Waals surface area contributed by atoms with Crippen molar-refractivity contribution in [1.82, 2.24) is 4.90 Å². The molecule has 0 fully saturated rings. The lowest BCUT2D eigenvalue weighted by Crippen LogP contribution is -2.30. The molecule has 1 heterocycles. The van der Waals surface area contributed by atoms with Gasteiger partial charge in [0.2, 0.25) is 0 Å². The van der Waals surface area contributed by atoms with Crippen LogP contribution in [0.1, 0.15) is 18.1 Å². The van der Waals surface area contributed by atoms with Crippen LogP contribution in [0.5, 0.6) is 11.5 Å². The van der Waals surface area contributed by atoms with E-state index in [1.165, 1.54) is 36.9 Å². The zero-order valence-electron chi connectivity index (χ0n) is 15.0. The van der Waals surface area contributed by atoms with Gasteiger partial charge in [0.15, 0.2) is 11.5 Å². The van der Waals surface area contributed by atoms with Crippen LogP contribution in [0.3, 0.4) is 0 Å². The molecule has 0 aliphatic carbocycles. The topological polar surface area (TPSA) is 113 Å². The van der Waals surface area contributed by atoms with E-state index in [9.17, 15) is 14.2 Å². The minimum absolute atomic E-state index is 0.0781. The highest BCUT2D eigenvalue weighted by atomic mass is 32.2. The van der Waals surface area contributed by atoms with Gasteiger partial charge in [-0.05, 0) is 41.7 Å². The van der Waals surface area contributed by atoms with Gasteiger partial charge in [-0.15, -0.1) is 0 Å². The Bertz CT molecular complexity index is 859. The lowest BCUT2D eigenvalue weighted by Gasteiger charge is -2.23. The first-order chi connectivity index (χ1) is 12.6. The SMILES string of the molecule is COc1cc(/C=C2\SC=CN(CCP(=O)(O)O)C2=O)cc(C)c1OC(C)=O. The lowest BCUT2D eigenvalue weighted by molar-refractivity contribution is -0.132. The molecule has 27 heavy (non-hydrogen) atoms. The van der Waals surface area contributed by atoms with Gasteiger partial charge in [0.05, 0.1) is 18.2 Å². The Morgan fingerprint density at radius 1 is 1.37 bits per heavy atom. The summed E-state index contributed by atoms with van der Waals surface area (Å²) in [6, 6.07) is 3.39. The normalized spacial score (nSPS) is 16.0. The third-order valence-corrected chi connectivity index (χ3v) is 5.15. The Hall–Kier alpha value is -2.06. The van der Waals surface area contributed by atoms with E-state index >= 15 is 0 Å². The number of rotatable bonds is 6. The number of amides is 1. The first kappa shape index (κ1) is 21.2. The van der Waals surface area contributed by atoms with E-state index in [4.69, 9.17) is 19.3 Å². The number of hydrogen-bond acceptors (Lipinski definition) is 6. The molecular weight excluding hydrogens is 393 g/mol. The monoisotopic (exact) mass is 413 g/mol. The number of aryl methyl sites for hydroxylation is 1. The highest BCUT2D eigenvalue weighted by Crippen LogP contribution is 2.36. The summed E-state index contributed by atoms with van der Waals surface area (Å²) in [6.45, 7) is 2.97. The average Bonchev–Trinajstić information content (AvgIpc) is 2.56. The van der Waals surface area contributed by atoms with Gasteiger partial charge < -0.3 is 24.2 Å². The fourth-order valence-corrected chi connectivity index (χ4v) is 3.63. The van der Waals surface area contributed by atoms with Gasteiger partial charge in [-0.25, -0.2) is 0 Å². The molecule has 0 unspecified atom stereocenters. The van der Waals surface area contributed by atoms with E-state index < -0.39 is 19.7 Å². The fraction of sp³-hybridized carbons (Fsp3) is 0.294. The van der Waals surface area contributed by atoms with Crippen LogP contribution in [0, 0.1) is 6.92 Å². The molecule has 0 saturated carbocycles. The summed E-state index contributed by atoms with van der Waals surface area (Å²) in [4.78, 5) is 43.4. The molecule has 0 spiro atoms. The van der Waals surface area contributed by atoms with E-state index in [0.717, 1.165) is 0 Å². The first-order valence-electron chi connectivity index (χ1n) is 7.88. The van der Waals surface area contributed by atoms with Gasteiger partial charge in [0.25, 0.3) is 5.91 Å². The van der Waals surface area contributed by atoms with Gasteiger partial charge in [0, 0.05) is 19.7 Å². The number of methoxy groups -OCH3 is 1. The van der Waals surface area contributed by atoms with Crippen LogP contribution in [0.25, 0.3) is 6.08 Å². The second kappa shape index (κ2) is 8.75. The molecule has 0 saturated heterocycles. The Kier molecular flexibility index (Phi) is 6.89. The average molecular weight is 413 g/mol. The van der Waals surface area contributed by atoms with Crippen LogP contribution < -0.4 is 9.47 Å². The van der Waals surface area contributed by atoms with E-state index in [1.54, 1.807) is 30.5 Å². The van der Waals surface area contributed by atoms with Crippen molar-refractivity contribution < 1.29 is 33.4 Å². The lowest BCUT2D eigenvalue weighted by atomic mass is 10.1. The standard InChI is InChI=1S/C17H20NO7PS/c1-11-8-13(9-14(24-3)16(11)25-12(2)19)10-15-17(20)18(5-7-27-15)4-6-26(21,22)23/h5,7-10H,4,6H2,1-3H3,(H2,21,22,23)/b15-10-. The van der Waals surface area contributed by atoms with Gasteiger partial charge in [0.1, 0.15) is 0 Å². The van der Waals surface area contributed by atoms with Crippen LogP contribution in [-0.2, 0) is 14.2 Å². The zero-order valence-corrected chi connectivity index (χ0v) is 16.8. The Balaban J connectivity index is 2.28. The summed E-state index contributed by atoms with van der Waals surface area (Å²) in [5, 5.41) is 1.67. The van der Waals surface area contributed by atoms with E-state index in [0.29, 0.717) is 27.5 Å². The van der Waals surface area contributed by atoms with Gasteiger partial charge in [-0.1, -0.05) is 11.8 Å². The molecule has 1 aliphatic rings. The molecule has 1 amide bonds. The number of hydrogen-bond donors (Lipinski definition) is 2. The molecule has 0 atom stereocenters. The van der Waals surface area contributed by atoms with Crippen molar-refractivity contribution >= 4 is 37.3 Å². The summed E-state index contributed by atoms with van der Waals surface area (Å²) in [7, 11) is -2.74. The van der Waals surface area contributed by atoms with Crippen molar-refractivity contribution in [3.05, 3.63) is 39.8 Å². The summed E-state index contributed by atoms with van der Waals surface area (Å²) >= 11 is 1.21. The predicted octanol–water partition coefficient (Wildman–Crippen LogP) is 2.49. The van der Waals surface area contributed by atoms with Gasteiger partial charge in [-0.2, -0.15) is 0 Å². The van der Waals surface area contributed by atoms with Crippen molar-refractivity contribution in [2.75, 3.05) is 19.8 Å². The number of esters is 1. The maximum absolute atomic E-state index is 12.5. The summed E-state index contributed by atoms with van der Waals surface area (Å²) in [6.07, 6.45) is 2.73. The third-order valence-electron chi connectivity index (χ3n) is 3.57. The highest BCUT2D eigenvalue weighted by molar-refractivity contribution is 8.06. The molecular formula is C17H20NO7PS. The van der Waals surface area contributed by atoms with Gasteiger partial charge in [-0.3, -0.25) is 14.2 Å². The molecule has 0 bridgehead atoms. The summed E-state index contributed by atoms with van der Waals surface area (Å²) < 4.78 is 21.5. The smallest absolute Gasteiger partial charge is 0.327 e. The zero-order chi connectivity index (χ0) is 20.2. The minimum Gasteiger partial charge on any atom is -0.493 e. The second-order valence-electron chi connectivity index (χ2n) is 5.76. The van der Waals surface area contributed by atoms with E-state index in [1.807, 2.05) is 0 Å². The quantitative estimate of drug-likeness (QED) is 0.317. The number of thioether (sulfide) groups is 1. The summed E-state index contributed by atoms with van der Waals surface area (Å²) in [5.74, 6) is -0.139. The first-order valence-corrected chi connectivity index (χ1v) is 10.6. The van der Waals surface area contributed by atoms with Crippen molar-refractivity contribution in [3.63, 3.8) is 0 Å². The highest BCUT2D eigenvalue weighted by Gasteiger charge is 2.23. The molecule has 2 N–H and O–H groups in total. The maximum Gasteiger partial charge on any atom is 0.327 e. The Morgan fingerprint density at radius 3 is 2.67 bits per heavy atom. The van der Waals surface area contributed by atoms with E-state index in [-0.39, 0.29) is 12.5 Å². The minimum atomic E-state index is -4.19. The Morgan fingerprint density at radius 2 is 2.07 bits per heavy atom. The summed E-state index contributed by atoms with van der Waals surface area (Å²) in [5.41, 5.74) is 1.33. The van der Waals surface area contributed by atoms with Crippen molar-refractivity contribution in [3.8, 4) is 11.5 Å². The van der Waals surface area contributed by atoms with Crippen LogP contribution in [0.15, 0.2) is 28.6 Å². The van der Waals surface area contributed by atoms with Crippen molar-refractivity contribution in [2.24, 2.45) is 0 Å². The van der Waals surface area contributed by atoms with Crippen LogP contribution in [0.4, 0.5) is 0 Å². The van der Waals surface area contributed by atoms with Crippen LogP contribution in [0.2, 0.25) is 0 Å². The predicted molar refractivity (Wildman–Crippen MR) is 102 cm³/mol. The van der Waals surface area contributed by atoms with E-state index in [2.05, 4.69) is 0 Å². The largest absolute Gasteiger partial charge is 0.493 e.